The SMILES string of the molecule is CCN=C(NC1CCN(C(=O)C(C)C)C1)NC1CC1c1ccc(C(C)C)cc1. The van der Waals surface area contributed by atoms with E-state index in [9.17, 15) is 4.79 Å². The second-order valence-corrected chi connectivity index (χ2v) is 8.81. The van der Waals surface area contributed by atoms with Gasteiger partial charge in [0.1, 0.15) is 0 Å². The van der Waals surface area contributed by atoms with E-state index in [1.54, 1.807) is 0 Å². The molecule has 28 heavy (non-hydrogen) atoms. The number of carbonyl (C=O) groups excluding carboxylic acids is 1. The minimum atomic E-state index is 0.0648. The normalized spacial score (nSPS) is 24.8. The second kappa shape index (κ2) is 8.97. The van der Waals surface area contributed by atoms with E-state index in [0.717, 1.165) is 38.4 Å². The van der Waals surface area contributed by atoms with E-state index in [4.69, 9.17) is 0 Å². The molecular weight excluding hydrogens is 348 g/mol. The molecule has 1 saturated carbocycles. The van der Waals surface area contributed by atoms with E-state index < -0.39 is 0 Å². The molecule has 2 aliphatic rings. The minimum absolute atomic E-state index is 0.0648. The molecule has 2 fully saturated rings. The summed E-state index contributed by atoms with van der Waals surface area (Å²) >= 11 is 0. The van der Waals surface area contributed by atoms with Gasteiger partial charge in [0.25, 0.3) is 0 Å². The fraction of sp³-hybridized carbons (Fsp3) is 0.652. The van der Waals surface area contributed by atoms with E-state index in [-0.39, 0.29) is 17.9 Å². The number of carbonyl (C=O) groups is 1. The number of benzene rings is 1. The van der Waals surface area contributed by atoms with Crippen molar-refractivity contribution < 1.29 is 4.79 Å². The third-order valence-electron chi connectivity index (χ3n) is 5.79. The summed E-state index contributed by atoms with van der Waals surface area (Å²) in [6, 6.07) is 9.79. The number of nitrogens with one attached hydrogen (secondary N) is 2. The Morgan fingerprint density at radius 1 is 1.18 bits per heavy atom. The molecule has 2 N–H and O–H groups in total. The molecule has 0 radical (unpaired) electrons. The monoisotopic (exact) mass is 384 g/mol. The standard InChI is InChI=1S/C23H36N4O/c1-6-24-23(25-19-11-12-27(14-19)22(28)16(4)5)26-21-13-20(21)18-9-7-17(8-10-18)15(2)3/h7-10,15-16,19-21H,6,11-14H2,1-5H3,(H2,24,25,26). The average Bonchev–Trinajstić information content (AvgIpc) is 3.27. The Labute approximate surface area is 170 Å². The highest BCUT2D eigenvalue weighted by Gasteiger charge is 2.39. The summed E-state index contributed by atoms with van der Waals surface area (Å²) in [4.78, 5) is 18.8. The number of aliphatic imine (C=N–C) groups is 1. The lowest BCUT2D eigenvalue weighted by Crippen LogP contribution is -2.46. The van der Waals surface area contributed by atoms with Gasteiger partial charge in [-0.2, -0.15) is 0 Å². The largest absolute Gasteiger partial charge is 0.353 e. The van der Waals surface area contributed by atoms with Crippen molar-refractivity contribution >= 4 is 11.9 Å². The number of rotatable bonds is 6. The van der Waals surface area contributed by atoms with Crippen LogP contribution in [0.25, 0.3) is 0 Å². The zero-order chi connectivity index (χ0) is 20.3. The fourth-order valence-corrected chi connectivity index (χ4v) is 3.95. The van der Waals surface area contributed by atoms with Gasteiger partial charge in [0.05, 0.1) is 0 Å². The minimum Gasteiger partial charge on any atom is -0.353 e. The highest BCUT2D eigenvalue weighted by atomic mass is 16.2. The van der Waals surface area contributed by atoms with Crippen LogP contribution in [-0.2, 0) is 4.79 Å². The molecule has 1 aliphatic carbocycles. The van der Waals surface area contributed by atoms with E-state index in [2.05, 4.69) is 60.7 Å². The lowest BCUT2D eigenvalue weighted by Gasteiger charge is -2.20. The number of amides is 1. The van der Waals surface area contributed by atoms with Crippen molar-refractivity contribution in [1.82, 2.24) is 15.5 Å². The van der Waals surface area contributed by atoms with E-state index in [0.29, 0.717) is 17.9 Å². The van der Waals surface area contributed by atoms with Crippen LogP contribution < -0.4 is 10.6 Å². The van der Waals surface area contributed by atoms with Gasteiger partial charge in [-0.25, -0.2) is 0 Å². The van der Waals surface area contributed by atoms with Crippen molar-refractivity contribution in [2.45, 2.75) is 71.4 Å². The molecule has 0 aromatic heterocycles. The molecule has 1 aromatic carbocycles. The Bertz CT molecular complexity index is 695. The Kier molecular flexibility index (Phi) is 6.63. The first kappa shape index (κ1) is 20.7. The predicted octanol–water partition coefficient (Wildman–Crippen LogP) is 3.48. The summed E-state index contributed by atoms with van der Waals surface area (Å²) in [7, 11) is 0. The molecule has 0 spiro atoms. The van der Waals surface area contributed by atoms with Gasteiger partial charge in [-0.3, -0.25) is 9.79 Å². The van der Waals surface area contributed by atoms with Crippen molar-refractivity contribution in [2.75, 3.05) is 19.6 Å². The lowest BCUT2D eigenvalue weighted by atomic mass is 10.0. The van der Waals surface area contributed by atoms with Crippen LogP contribution in [0.1, 0.15) is 70.4 Å². The number of guanidine groups is 1. The Balaban J connectivity index is 1.52. The van der Waals surface area contributed by atoms with Gasteiger partial charge < -0.3 is 15.5 Å². The first-order valence-electron chi connectivity index (χ1n) is 10.8. The molecule has 154 valence electrons. The fourth-order valence-electron chi connectivity index (χ4n) is 3.95. The second-order valence-electron chi connectivity index (χ2n) is 8.81. The summed E-state index contributed by atoms with van der Waals surface area (Å²) < 4.78 is 0. The lowest BCUT2D eigenvalue weighted by molar-refractivity contribution is -0.133. The van der Waals surface area contributed by atoms with Gasteiger partial charge in [0.2, 0.25) is 5.91 Å². The zero-order valence-corrected chi connectivity index (χ0v) is 18.0. The first-order chi connectivity index (χ1) is 13.4. The van der Waals surface area contributed by atoms with E-state index >= 15 is 0 Å². The number of hydrogen-bond donors (Lipinski definition) is 2. The molecule has 3 unspecified atom stereocenters. The topological polar surface area (TPSA) is 56.7 Å². The van der Waals surface area contributed by atoms with E-state index in [1.165, 1.54) is 11.1 Å². The van der Waals surface area contributed by atoms with Gasteiger partial charge in [0.15, 0.2) is 5.96 Å². The van der Waals surface area contributed by atoms with Crippen LogP contribution in [0.15, 0.2) is 29.3 Å². The average molecular weight is 385 g/mol. The van der Waals surface area contributed by atoms with Crippen molar-refractivity contribution in [3.63, 3.8) is 0 Å². The maximum absolute atomic E-state index is 12.2. The quantitative estimate of drug-likeness (QED) is 0.583. The zero-order valence-electron chi connectivity index (χ0n) is 18.0. The van der Waals surface area contributed by atoms with Crippen molar-refractivity contribution in [3.8, 4) is 0 Å². The third-order valence-corrected chi connectivity index (χ3v) is 5.79. The van der Waals surface area contributed by atoms with Crippen LogP contribution in [0.5, 0.6) is 0 Å². The molecule has 5 nitrogen and oxygen atoms in total. The van der Waals surface area contributed by atoms with Crippen LogP contribution in [0.3, 0.4) is 0 Å². The third kappa shape index (κ3) is 5.06. The van der Waals surface area contributed by atoms with Gasteiger partial charge in [-0.15, -0.1) is 0 Å². The van der Waals surface area contributed by atoms with Crippen molar-refractivity contribution in [1.29, 1.82) is 0 Å². The molecule has 1 aliphatic heterocycles. The molecule has 1 saturated heterocycles. The summed E-state index contributed by atoms with van der Waals surface area (Å²) in [5.74, 6) is 2.34. The highest BCUT2D eigenvalue weighted by molar-refractivity contribution is 5.82. The molecular formula is C23H36N4O. The van der Waals surface area contributed by atoms with Crippen LogP contribution >= 0.6 is 0 Å². The Morgan fingerprint density at radius 3 is 2.50 bits per heavy atom. The molecule has 5 heteroatoms. The molecule has 3 atom stereocenters. The Hall–Kier alpha value is -2.04. The smallest absolute Gasteiger partial charge is 0.225 e. The molecule has 1 amide bonds. The molecule has 1 aromatic rings. The summed E-state index contributed by atoms with van der Waals surface area (Å²) in [5, 5.41) is 7.16. The maximum Gasteiger partial charge on any atom is 0.225 e. The molecule has 1 heterocycles. The van der Waals surface area contributed by atoms with Gasteiger partial charge in [-0.1, -0.05) is 52.0 Å². The van der Waals surface area contributed by atoms with Crippen LogP contribution in [0.2, 0.25) is 0 Å². The number of likely N-dealkylation sites (tertiary alicyclic amines) is 1. The Morgan fingerprint density at radius 2 is 1.89 bits per heavy atom. The summed E-state index contributed by atoms with van der Waals surface area (Å²) in [5.41, 5.74) is 2.80. The molecule has 3 rings (SSSR count). The van der Waals surface area contributed by atoms with Crippen molar-refractivity contribution in [2.24, 2.45) is 10.9 Å². The number of hydrogen-bond acceptors (Lipinski definition) is 2. The van der Waals surface area contributed by atoms with Gasteiger partial charge in [0, 0.05) is 43.6 Å². The maximum atomic E-state index is 12.2. The van der Waals surface area contributed by atoms with Gasteiger partial charge >= 0.3 is 0 Å². The number of nitrogens with zero attached hydrogens (tertiary/aromatic N) is 2. The summed E-state index contributed by atoms with van der Waals surface area (Å²) in [6.45, 7) is 12.8. The van der Waals surface area contributed by atoms with Gasteiger partial charge in [-0.05, 0) is 36.8 Å². The van der Waals surface area contributed by atoms with E-state index in [1.807, 2.05) is 18.7 Å². The van der Waals surface area contributed by atoms with Crippen LogP contribution in [0, 0.1) is 5.92 Å². The predicted molar refractivity (Wildman–Crippen MR) is 116 cm³/mol. The van der Waals surface area contributed by atoms with Crippen molar-refractivity contribution in [3.05, 3.63) is 35.4 Å². The van der Waals surface area contributed by atoms with Crippen LogP contribution in [-0.4, -0.2) is 48.5 Å². The molecule has 0 bridgehead atoms. The first-order valence-corrected chi connectivity index (χ1v) is 10.8. The highest BCUT2D eigenvalue weighted by Crippen LogP contribution is 2.41. The summed E-state index contributed by atoms with van der Waals surface area (Å²) in [6.07, 6.45) is 2.13. The van der Waals surface area contributed by atoms with Crippen LogP contribution in [0.4, 0.5) is 0 Å².